The molecular formula is C24H29N3O3. The second-order valence-electron chi connectivity index (χ2n) is 8.13. The van der Waals surface area contributed by atoms with Gasteiger partial charge in [0.1, 0.15) is 17.5 Å². The Balaban J connectivity index is 1.64. The zero-order valence-electron chi connectivity index (χ0n) is 17.3. The number of anilines is 1. The van der Waals surface area contributed by atoms with Crippen LogP contribution >= 0.6 is 0 Å². The van der Waals surface area contributed by atoms with E-state index in [2.05, 4.69) is 29.3 Å². The summed E-state index contributed by atoms with van der Waals surface area (Å²) in [6, 6.07) is 14.1. The number of nitrogens with one attached hydrogen (secondary N) is 1. The summed E-state index contributed by atoms with van der Waals surface area (Å²) in [7, 11) is 1.62. The molecule has 0 saturated carbocycles. The van der Waals surface area contributed by atoms with E-state index in [1.165, 1.54) is 0 Å². The second kappa shape index (κ2) is 9.15. The van der Waals surface area contributed by atoms with Crippen LogP contribution in [0.5, 0.6) is 0 Å². The van der Waals surface area contributed by atoms with E-state index in [0.29, 0.717) is 32.5 Å². The molecule has 2 aromatic rings. The van der Waals surface area contributed by atoms with Crippen molar-refractivity contribution in [2.45, 2.75) is 37.1 Å². The van der Waals surface area contributed by atoms with Crippen LogP contribution in [0.4, 0.5) is 5.82 Å². The Morgan fingerprint density at radius 2 is 2.07 bits per heavy atom. The van der Waals surface area contributed by atoms with Crippen molar-refractivity contribution >= 4 is 5.82 Å². The van der Waals surface area contributed by atoms with Gasteiger partial charge in [-0.25, -0.2) is 4.98 Å². The summed E-state index contributed by atoms with van der Waals surface area (Å²) in [6.45, 7) is 2.51. The number of piperidine rings is 1. The van der Waals surface area contributed by atoms with E-state index in [1.54, 1.807) is 7.11 Å². The number of pyridine rings is 1. The highest BCUT2D eigenvalue weighted by molar-refractivity contribution is 5.50. The smallest absolute Gasteiger partial charge is 0.138 e. The Kier molecular flexibility index (Phi) is 6.35. The minimum absolute atomic E-state index is 0.211. The van der Waals surface area contributed by atoms with Crippen molar-refractivity contribution in [3.8, 4) is 11.8 Å². The average Bonchev–Trinajstić information content (AvgIpc) is 3.15. The lowest BCUT2D eigenvalue weighted by molar-refractivity contribution is 0.0217. The molecule has 0 radical (unpaired) electrons. The number of benzene rings is 1. The Bertz CT molecular complexity index is 916. The van der Waals surface area contributed by atoms with Gasteiger partial charge in [0, 0.05) is 38.7 Å². The first-order chi connectivity index (χ1) is 14.6. The van der Waals surface area contributed by atoms with Gasteiger partial charge in [0.2, 0.25) is 0 Å². The lowest BCUT2D eigenvalue weighted by Gasteiger charge is -2.27. The molecule has 0 aliphatic carbocycles. The van der Waals surface area contributed by atoms with Crippen LogP contribution in [0.1, 0.15) is 29.7 Å². The summed E-state index contributed by atoms with van der Waals surface area (Å²) >= 11 is 0. The summed E-state index contributed by atoms with van der Waals surface area (Å²) in [5, 5.41) is 24.1. The zero-order valence-corrected chi connectivity index (χ0v) is 17.3. The number of aromatic nitrogens is 1. The van der Waals surface area contributed by atoms with Gasteiger partial charge in [-0.3, -0.25) is 0 Å². The minimum Gasteiger partial charge on any atom is -0.388 e. The van der Waals surface area contributed by atoms with Gasteiger partial charge in [-0.1, -0.05) is 42.2 Å². The van der Waals surface area contributed by atoms with Crippen LogP contribution < -0.4 is 10.2 Å². The molecule has 0 spiro atoms. The highest BCUT2D eigenvalue weighted by Crippen LogP contribution is 2.23. The second-order valence-corrected chi connectivity index (χ2v) is 8.13. The fourth-order valence-electron chi connectivity index (χ4n) is 4.06. The SMILES string of the molecule is CO[C@@H]1CN(c2ccc(C#CC3(O)CCCNC3)c(Cc3ccccc3)n2)C[C@H]1O. The molecule has 6 heteroatoms. The molecule has 3 heterocycles. The monoisotopic (exact) mass is 407 g/mol. The third-order valence-electron chi connectivity index (χ3n) is 5.83. The molecule has 158 valence electrons. The number of hydrogen-bond donors (Lipinski definition) is 3. The van der Waals surface area contributed by atoms with Crippen molar-refractivity contribution in [3.05, 3.63) is 59.3 Å². The van der Waals surface area contributed by atoms with E-state index in [4.69, 9.17) is 9.72 Å². The van der Waals surface area contributed by atoms with Crippen molar-refractivity contribution in [2.24, 2.45) is 0 Å². The summed E-state index contributed by atoms with van der Waals surface area (Å²) in [5.74, 6) is 7.09. The maximum Gasteiger partial charge on any atom is 0.138 e. The van der Waals surface area contributed by atoms with E-state index in [0.717, 1.165) is 35.6 Å². The van der Waals surface area contributed by atoms with Gasteiger partial charge in [0.25, 0.3) is 0 Å². The topological polar surface area (TPSA) is 77.9 Å². The quantitative estimate of drug-likeness (QED) is 0.664. The van der Waals surface area contributed by atoms with Crippen LogP contribution in [0.3, 0.4) is 0 Å². The van der Waals surface area contributed by atoms with Crippen LogP contribution in [-0.2, 0) is 11.2 Å². The van der Waals surface area contributed by atoms with Crippen molar-refractivity contribution < 1.29 is 14.9 Å². The Hall–Kier alpha value is -2.43. The number of aliphatic hydroxyl groups is 2. The molecule has 30 heavy (non-hydrogen) atoms. The average molecular weight is 408 g/mol. The summed E-state index contributed by atoms with van der Waals surface area (Å²) in [4.78, 5) is 6.94. The summed E-state index contributed by atoms with van der Waals surface area (Å²) in [5.41, 5.74) is 1.85. The number of β-amino-alcohol motifs (C(OH)–C–C–N with tert-alkyl or cyclic N) is 2. The number of nitrogens with zero attached hydrogens (tertiary/aromatic N) is 2. The third-order valence-corrected chi connectivity index (χ3v) is 5.83. The fourth-order valence-corrected chi connectivity index (χ4v) is 4.06. The molecule has 2 aliphatic heterocycles. The van der Waals surface area contributed by atoms with E-state index in [9.17, 15) is 10.2 Å². The number of hydrogen-bond acceptors (Lipinski definition) is 6. The van der Waals surface area contributed by atoms with Crippen LogP contribution in [0, 0.1) is 11.8 Å². The molecule has 2 fully saturated rings. The van der Waals surface area contributed by atoms with E-state index in [-0.39, 0.29) is 6.10 Å². The van der Waals surface area contributed by atoms with Crippen LogP contribution in [0.15, 0.2) is 42.5 Å². The van der Waals surface area contributed by atoms with Crippen LogP contribution in [0.25, 0.3) is 0 Å². The number of rotatable bonds is 4. The third kappa shape index (κ3) is 4.82. The number of methoxy groups -OCH3 is 1. The van der Waals surface area contributed by atoms with E-state index in [1.807, 2.05) is 35.2 Å². The van der Waals surface area contributed by atoms with Crippen LogP contribution in [-0.4, -0.2) is 66.3 Å². The molecule has 3 N–H and O–H groups in total. The summed E-state index contributed by atoms with van der Waals surface area (Å²) < 4.78 is 5.37. The largest absolute Gasteiger partial charge is 0.388 e. The van der Waals surface area contributed by atoms with Gasteiger partial charge in [-0.2, -0.15) is 0 Å². The first-order valence-electron chi connectivity index (χ1n) is 10.5. The highest BCUT2D eigenvalue weighted by atomic mass is 16.5. The van der Waals surface area contributed by atoms with Gasteiger partial charge < -0.3 is 25.2 Å². The van der Waals surface area contributed by atoms with E-state index < -0.39 is 11.7 Å². The van der Waals surface area contributed by atoms with Crippen molar-refractivity contribution in [1.29, 1.82) is 0 Å². The predicted octanol–water partition coefficient (Wildman–Crippen LogP) is 1.33. The van der Waals surface area contributed by atoms with Gasteiger partial charge in [-0.15, -0.1) is 0 Å². The molecular weight excluding hydrogens is 378 g/mol. The number of ether oxygens (including phenoxy) is 1. The predicted molar refractivity (Wildman–Crippen MR) is 116 cm³/mol. The molecule has 0 amide bonds. The molecule has 1 aromatic heterocycles. The molecule has 4 rings (SSSR count). The first kappa shape index (κ1) is 20.8. The maximum absolute atomic E-state index is 10.7. The molecule has 2 saturated heterocycles. The molecule has 6 nitrogen and oxygen atoms in total. The van der Waals surface area contributed by atoms with E-state index >= 15 is 0 Å². The Morgan fingerprint density at radius 3 is 2.77 bits per heavy atom. The van der Waals surface area contributed by atoms with Gasteiger partial charge >= 0.3 is 0 Å². The molecule has 1 unspecified atom stereocenters. The first-order valence-corrected chi connectivity index (χ1v) is 10.5. The lowest BCUT2D eigenvalue weighted by Crippen LogP contribution is -2.44. The minimum atomic E-state index is -0.994. The van der Waals surface area contributed by atoms with Gasteiger partial charge in [-0.05, 0) is 37.1 Å². The van der Waals surface area contributed by atoms with Crippen molar-refractivity contribution in [3.63, 3.8) is 0 Å². The highest BCUT2D eigenvalue weighted by Gasteiger charge is 2.32. The zero-order chi connectivity index (χ0) is 21.0. The molecule has 3 atom stereocenters. The van der Waals surface area contributed by atoms with Gasteiger partial charge in [0.05, 0.1) is 11.8 Å². The molecule has 2 aliphatic rings. The van der Waals surface area contributed by atoms with Crippen molar-refractivity contribution in [2.75, 3.05) is 38.2 Å². The number of aliphatic hydroxyl groups excluding tert-OH is 1. The summed E-state index contributed by atoms with van der Waals surface area (Å²) in [6.07, 6.45) is 1.51. The van der Waals surface area contributed by atoms with Crippen LogP contribution in [0.2, 0.25) is 0 Å². The van der Waals surface area contributed by atoms with Gasteiger partial charge in [0.15, 0.2) is 0 Å². The Morgan fingerprint density at radius 1 is 1.23 bits per heavy atom. The maximum atomic E-state index is 10.7. The van der Waals surface area contributed by atoms with Crippen molar-refractivity contribution in [1.82, 2.24) is 10.3 Å². The normalized spacial score (nSPS) is 26.3. The fraction of sp³-hybridized carbons (Fsp3) is 0.458. The standard InChI is InChI=1S/C24H29N3O3/c1-30-22-16-27(15-21(22)28)23-9-8-19(10-12-24(29)11-5-13-25-17-24)20(26-23)14-18-6-3-2-4-7-18/h2-4,6-9,21-22,25,28-29H,5,11,13-17H2,1H3/t21-,22-,24?/m1/s1. The lowest BCUT2D eigenvalue weighted by atomic mass is 9.94. The molecule has 0 bridgehead atoms. The Labute approximate surface area is 177 Å². The molecule has 1 aromatic carbocycles.